The molecule has 5 heteroatoms. The van der Waals surface area contributed by atoms with Gasteiger partial charge in [0.25, 0.3) is 0 Å². The van der Waals surface area contributed by atoms with Crippen molar-refractivity contribution in [1.29, 1.82) is 0 Å². The maximum atomic E-state index is 12.2. The minimum atomic E-state index is -0.432. The van der Waals surface area contributed by atoms with Crippen molar-refractivity contribution >= 4 is 11.9 Å². The summed E-state index contributed by atoms with van der Waals surface area (Å²) in [6.07, 6.45) is 3.23. The predicted octanol–water partition coefficient (Wildman–Crippen LogP) is 2.53. The van der Waals surface area contributed by atoms with Crippen LogP contribution in [0.4, 0.5) is 0 Å². The number of hydrogen-bond donors (Lipinski definition) is 0. The average molecular weight is 298 g/mol. The first-order valence-electron chi connectivity index (χ1n) is 7.75. The van der Waals surface area contributed by atoms with Crippen LogP contribution in [0.3, 0.4) is 0 Å². The van der Waals surface area contributed by atoms with Crippen LogP contribution in [0.1, 0.15) is 46.5 Å². The second-order valence-electron chi connectivity index (χ2n) is 6.88. The SMILES string of the molecule is CCC(C)(C)C(=O)OC1CC2CC1CC2C(=O)OCOC. The first-order chi connectivity index (χ1) is 9.89. The maximum Gasteiger partial charge on any atom is 0.311 e. The van der Waals surface area contributed by atoms with E-state index in [1.54, 1.807) is 0 Å². The molecule has 0 saturated heterocycles. The molecule has 2 bridgehead atoms. The molecule has 120 valence electrons. The van der Waals surface area contributed by atoms with E-state index in [9.17, 15) is 9.59 Å². The Kier molecular flexibility index (Phi) is 4.91. The van der Waals surface area contributed by atoms with Crippen LogP contribution in [0.15, 0.2) is 0 Å². The largest absolute Gasteiger partial charge is 0.462 e. The molecule has 2 rings (SSSR count). The molecule has 5 nitrogen and oxygen atoms in total. The van der Waals surface area contributed by atoms with Gasteiger partial charge in [-0.15, -0.1) is 0 Å². The molecule has 0 N–H and O–H groups in total. The van der Waals surface area contributed by atoms with Crippen LogP contribution in [-0.2, 0) is 23.8 Å². The van der Waals surface area contributed by atoms with Gasteiger partial charge in [0.1, 0.15) is 6.10 Å². The summed E-state index contributed by atoms with van der Waals surface area (Å²) in [6, 6.07) is 0. The number of rotatable bonds is 6. The minimum Gasteiger partial charge on any atom is -0.462 e. The van der Waals surface area contributed by atoms with Gasteiger partial charge in [0.05, 0.1) is 11.3 Å². The normalized spacial score (nSPS) is 31.2. The highest BCUT2D eigenvalue weighted by Crippen LogP contribution is 2.50. The molecule has 2 saturated carbocycles. The van der Waals surface area contributed by atoms with Crippen LogP contribution in [-0.4, -0.2) is 31.9 Å². The number of esters is 2. The highest BCUT2D eigenvalue weighted by atomic mass is 16.7. The van der Waals surface area contributed by atoms with E-state index >= 15 is 0 Å². The molecule has 0 aromatic heterocycles. The fourth-order valence-corrected chi connectivity index (χ4v) is 3.32. The summed E-state index contributed by atoms with van der Waals surface area (Å²) < 4.78 is 15.5. The summed E-state index contributed by atoms with van der Waals surface area (Å²) in [7, 11) is 1.50. The van der Waals surface area contributed by atoms with Crippen LogP contribution < -0.4 is 0 Å². The molecule has 0 spiro atoms. The Balaban J connectivity index is 1.86. The van der Waals surface area contributed by atoms with Gasteiger partial charge in [0.15, 0.2) is 6.79 Å². The molecule has 0 aliphatic heterocycles. The van der Waals surface area contributed by atoms with E-state index in [1.165, 1.54) is 7.11 Å². The lowest BCUT2D eigenvalue weighted by Crippen LogP contribution is -2.35. The lowest BCUT2D eigenvalue weighted by molar-refractivity contribution is -0.166. The topological polar surface area (TPSA) is 61.8 Å². The molecule has 0 radical (unpaired) electrons. The van der Waals surface area contributed by atoms with E-state index in [0.717, 1.165) is 25.7 Å². The summed E-state index contributed by atoms with van der Waals surface area (Å²) >= 11 is 0. The van der Waals surface area contributed by atoms with Crippen LogP contribution in [0.25, 0.3) is 0 Å². The molecular weight excluding hydrogens is 272 g/mol. The molecule has 4 atom stereocenters. The van der Waals surface area contributed by atoms with Crippen molar-refractivity contribution in [3.63, 3.8) is 0 Å². The fourth-order valence-electron chi connectivity index (χ4n) is 3.32. The van der Waals surface area contributed by atoms with Gasteiger partial charge < -0.3 is 14.2 Å². The van der Waals surface area contributed by atoms with E-state index < -0.39 is 5.41 Å². The summed E-state index contributed by atoms with van der Waals surface area (Å²) in [4.78, 5) is 24.1. The second kappa shape index (κ2) is 6.34. The van der Waals surface area contributed by atoms with E-state index in [4.69, 9.17) is 14.2 Å². The first kappa shape index (κ1) is 16.3. The Morgan fingerprint density at radius 2 is 1.86 bits per heavy atom. The molecule has 0 heterocycles. The molecule has 0 amide bonds. The lowest BCUT2D eigenvalue weighted by atomic mass is 9.86. The van der Waals surface area contributed by atoms with Crippen molar-refractivity contribution in [2.45, 2.75) is 52.6 Å². The van der Waals surface area contributed by atoms with Gasteiger partial charge in [-0.05, 0) is 51.4 Å². The molecule has 2 fully saturated rings. The number of methoxy groups -OCH3 is 1. The molecule has 21 heavy (non-hydrogen) atoms. The van der Waals surface area contributed by atoms with Crippen molar-refractivity contribution in [3.05, 3.63) is 0 Å². The van der Waals surface area contributed by atoms with Gasteiger partial charge in [-0.25, -0.2) is 0 Å². The van der Waals surface area contributed by atoms with Crippen molar-refractivity contribution in [1.82, 2.24) is 0 Å². The van der Waals surface area contributed by atoms with E-state index in [0.29, 0.717) is 5.92 Å². The average Bonchev–Trinajstić information content (AvgIpc) is 3.04. The number of fused-ring (bicyclic) bond motifs is 2. The predicted molar refractivity (Wildman–Crippen MR) is 76.2 cm³/mol. The summed E-state index contributed by atoms with van der Waals surface area (Å²) in [6.45, 7) is 5.82. The number of carbonyl (C=O) groups excluding carboxylic acids is 2. The molecular formula is C16H26O5. The summed E-state index contributed by atoms with van der Waals surface area (Å²) in [5, 5.41) is 0. The lowest BCUT2D eigenvalue weighted by Gasteiger charge is -2.29. The maximum absolute atomic E-state index is 12.2. The third-order valence-electron chi connectivity index (χ3n) is 5.11. The van der Waals surface area contributed by atoms with Crippen LogP contribution in [0.5, 0.6) is 0 Å². The van der Waals surface area contributed by atoms with Crippen LogP contribution in [0.2, 0.25) is 0 Å². The second-order valence-corrected chi connectivity index (χ2v) is 6.88. The van der Waals surface area contributed by atoms with Gasteiger partial charge in [-0.1, -0.05) is 6.92 Å². The van der Waals surface area contributed by atoms with Crippen molar-refractivity contribution < 1.29 is 23.8 Å². The summed E-state index contributed by atoms with van der Waals surface area (Å²) in [5.74, 6) is 0.219. The van der Waals surface area contributed by atoms with E-state index in [-0.39, 0.29) is 36.7 Å². The van der Waals surface area contributed by atoms with Gasteiger partial charge in [0.2, 0.25) is 0 Å². The monoisotopic (exact) mass is 298 g/mol. The minimum absolute atomic E-state index is 0.00975. The molecule has 2 aliphatic carbocycles. The molecule has 4 unspecified atom stereocenters. The quantitative estimate of drug-likeness (QED) is 0.557. The number of ether oxygens (including phenoxy) is 3. The third kappa shape index (κ3) is 3.39. The zero-order valence-corrected chi connectivity index (χ0v) is 13.4. The van der Waals surface area contributed by atoms with Gasteiger partial charge in [0, 0.05) is 7.11 Å². The Labute approximate surface area is 126 Å². The zero-order valence-electron chi connectivity index (χ0n) is 13.4. The third-order valence-corrected chi connectivity index (χ3v) is 5.11. The van der Waals surface area contributed by atoms with Gasteiger partial charge in [-0.2, -0.15) is 0 Å². The van der Waals surface area contributed by atoms with Crippen LogP contribution >= 0.6 is 0 Å². The molecule has 2 aliphatic rings. The van der Waals surface area contributed by atoms with Crippen molar-refractivity contribution in [3.8, 4) is 0 Å². The van der Waals surface area contributed by atoms with Gasteiger partial charge >= 0.3 is 11.9 Å². The standard InChI is InChI=1S/C16H26O5/c1-5-16(2,3)15(18)21-13-8-10-6-11(13)7-12(10)14(17)20-9-19-4/h10-13H,5-9H2,1-4H3. The Morgan fingerprint density at radius 1 is 1.14 bits per heavy atom. The Bertz CT molecular complexity index is 403. The number of carbonyl (C=O) groups is 2. The number of hydrogen-bond acceptors (Lipinski definition) is 5. The molecule has 0 aromatic rings. The van der Waals surface area contributed by atoms with Crippen molar-refractivity contribution in [2.75, 3.05) is 13.9 Å². The van der Waals surface area contributed by atoms with Crippen LogP contribution in [0, 0.1) is 23.2 Å². The highest BCUT2D eigenvalue weighted by Gasteiger charge is 2.51. The van der Waals surface area contributed by atoms with Gasteiger partial charge in [-0.3, -0.25) is 9.59 Å². The van der Waals surface area contributed by atoms with E-state index in [1.807, 2.05) is 20.8 Å². The smallest absolute Gasteiger partial charge is 0.311 e. The van der Waals surface area contributed by atoms with E-state index in [2.05, 4.69) is 0 Å². The highest BCUT2D eigenvalue weighted by molar-refractivity contribution is 5.76. The summed E-state index contributed by atoms with van der Waals surface area (Å²) in [5.41, 5.74) is -0.432. The Morgan fingerprint density at radius 3 is 2.38 bits per heavy atom. The first-order valence-corrected chi connectivity index (χ1v) is 7.75. The van der Waals surface area contributed by atoms with Crippen molar-refractivity contribution in [2.24, 2.45) is 23.2 Å². The Hall–Kier alpha value is -1.10. The fraction of sp³-hybridized carbons (Fsp3) is 0.875. The zero-order chi connectivity index (χ0) is 15.6. The molecule has 0 aromatic carbocycles.